The summed E-state index contributed by atoms with van der Waals surface area (Å²) >= 11 is 0. The number of aliphatic hydroxyl groups excluding tert-OH is 4. The summed E-state index contributed by atoms with van der Waals surface area (Å²) in [4.78, 5) is 0. The van der Waals surface area contributed by atoms with Crippen LogP contribution in [0.5, 0.6) is 0 Å². The first-order valence-electron chi connectivity index (χ1n) is 13.9. The lowest BCUT2D eigenvalue weighted by molar-refractivity contribution is -0.243. The maximum absolute atomic E-state index is 11.7. The predicted molar refractivity (Wildman–Crippen MR) is 135 cm³/mol. The van der Waals surface area contributed by atoms with Crippen LogP contribution in [0.3, 0.4) is 0 Å². The Balaban J connectivity index is 1.62. The van der Waals surface area contributed by atoms with Crippen LogP contribution in [0.2, 0.25) is 0 Å². The fourth-order valence-electron chi connectivity index (χ4n) is 10.7. The highest BCUT2D eigenvalue weighted by molar-refractivity contribution is 5.35. The quantitative estimate of drug-likeness (QED) is 0.369. The summed E-state index contributed by atoms with van der Waals surface area (Å²) in [7, 11) is 0. The first-order valence-corrected chi connectivity index (χ1v) is 13.9. The predicted octanol–water partition coefficient (Wildman–Crippen LogP) is 5.08. The Morgan fingerprint density at radius 1 is 0.735 bits per heavy atom. The summed E-state index contributed by atoms with van der Waals surface area (Å²) in [5.74, 6) is 1.09. The zero-order valence-corrected chi connectivity index (χ0v) is 22.9. The maximum Gasteiger partial charge on any atom is 0.0888 e. The maximum atomic E-state index is 11.7. The monoisotopic (exact) mass is 474 g/mol. The number of rotatable bonds is 0. The molecule has 0 spiro atoms. The van der Waals surface area contributed by atoms with E-state index >= 15 is 0 Å². The van der Waals surface area contributed by atoms with Gasteiger partial charge in [-0.25, -0.2) is 0 Å². The van der Waals surface area contributed by atoms with Crippen molar-refractivity contribution in [3.05, 3.63) is 11.6 Å². The van der Waals surface area contributed by atoms with E-state index in [2.05, 4.69) is 54.5 Å². The minimum Gasteiger partial charge on any atom is -0.393 e. The fourth-order valence-corrected chi connectivity index (χ4v) is 10.7. The molecule has 0 aromatic rings. The highest BCUT2D eigenvalue weighted by Crippen LogP contribution is 2.75. The van der Waals surface area contributed by atoms with Gasteiger partial charge >= 0.3 is 0 Å². The summed E-state index contributed by atoms with van der Waals surface area (Å²) in [5.41, 5.74) is 0.357. The van der Waals surface area contributed by atoms with Gasteiger partial charge in [-0.05, 0) is 89.8 Å². The molecule has 194 valence electrons. The lowest BCUT2D eigenvalue weighted by Crippen LogP contribution is -2.69. The van der Waals surface area contributed by atoms with Crippen molar-refractivity contribution in [2.45, 2.75) is 125 Å². The second kappa shape index (κ2) is 7.11. The number of fused-ring (bicyclic) bond motifs is 7. The highest BCUT2D eigenvalue weighted by atomic mass is 16.3. The summed E-state index contributed by atoms with van der Waals surface area (Å²) in [5, 5.41) is 44.9. The Morgan fingerprint density at radius 2 is 1.38 bits per heavy atom. The molecule has 0 radical (unpaired) electrons. The fraction of sp³-hybridized carbons (Fsp3) is 0.933. The Bertz CT molecular complexity index is 892. The molecule has 0 saturated heterocycles. The van der Waals surface area contributed by atoms with Gasteiger partial charge in [0.2, 0.25) is 0 Å². The molecule has 0 aromatic heterocycles. The lowest BCUT2D eigenvalue weighted by Gasteiger charge is -2.72. The topological polar surface area (TPSA) is 80.9 Å². The Hall–Kier alpha value is -0.420. The van der Waals surface area contributed by atoms with E-state index in [-0.39, 0.29) is 33.7 Å². The third-order valence-corrected chi connectivity index (χ3v) is 13.4. The lowest BCUT2D eigenvalue weighted by atomic mass is 9.33. The van der Waals surface area contributed by atoms with E-state index in [1.54, 1.807) is 0 Å². The minimum atomic E-state index is -0.930. The molecular weight excluding hydrogens is 424 g/mol. The van der Waals surface area contributed by atoms with Gasteiger partial charge < -0.3 is 20.4 Å². The first kappa shape index (κ1) is 25.2. The van der Waals surface area contributed by atoms with E-state index in [9.17, 15) is 20.4 Å². The van der Waals surface area contributed by atoms with Gasteiger partial charge in [0.1, 0.15) is 0 Å². The van der Waals surface area contributed by atoms with Crippen LogP contribution >= 0.6 is 0 Å². The van der Waals surface area contributed by atoms with Gasteiger partial charge in [-0.1, -0.05) is 67.0 Å². The molecule has 4 heteroatoms. The molecule has 0 bridgehead atoms. The normalized spacial score (nSPS) is 58.0. The molecule has 4 fully saturated rings. The Morgan fingerprint density at radius 3 is 2.03 bits per heavy atom. The van der Waals surface area contributed by atoms with Crippen LogP contribution in [-0.2, 0) is 0 Å². The van der Waals surface area contributed by atoms with Gasteiger partial charge in [0.05, 0.1) is 24.4 Å². The molecule has 4 nitrogen and oxygen atoms in total. The number of aliphatic hydroxyl groups is 4. The van der Waals surface area contributed by atoms with E-state index in [0.29, 0.717) is 18.3 Å². The smallest absolute Gasteiger partial charge is 0.0888 e. The van der Waals surface area contributed by atoms with Gasteiger partial charge in [0, 0.05) is 5.41 Å². The zero-order valence-electron chi connectivity index (χ0n) is 22.9. The second-order valence-corrected chi connectivity index (χ2v) is 15.4. The molecule has 3 unspecified atom stereocenters. The molecule has 0 aliphatic heterocycles. The molecule has 5 aliphatic carbocycles. The summed E-state index contributed by atoms with van der Waals surface area (Å²) in [6.07, 6.45) is 6.55. The zero-order chi connectivity index (χ0) is 25.3. The SMILES string of the molecule is CC1(C)CC2C3=CCC4[C@@]5(C)CC[C@H](O)C(C)(C)C5CC[C@@]4(C)[C@]3(C)C[C@@H](O)[C@@]2(C)[C@@H](O)[C@@H]1O. The average molecular weight is 475 g/mol. The third-order valence-electron chi connectivity index (χ3n) is 13.4. The van der Waals surface area contributed by atoms with E-state index in [1.165, 1.54) is 5.57 Å². The molecule has 5 aliphatic rings. The van der Waals surface area contributed by atoms with E-state index < -0.39 is 29.1 Å². The summed E-state index contributed by atoms with van der Waals surface area (Å²) < 4.78 is 0. The van der Waals surface area contributed by atoms with Gasteiger partial charge in [-0.15, -0.1) is 0 Å². The summed E-state index contributed by atoms with van der Waals surface area (Å²) in [6, 6.07) is 0. The number of allylic oxidation sites excluding steroid dienone is 2. The van der Waals surface area contributed by atoms with Crippen molar-refractivity contribution in [3.8, 4) is 0 Å². The largest absolute Gasteiger partial charge is 0.393 e. The van der Waals surface area contributed by atoms with Crippen LogP contribution in [0, 0.1) is 50.2 Å². The van der Waals surface area contributed by atoms with E-state index in [4.69, 9.17) is 0 Å². The standard InChI is InChI=1S/C30H50O4/c1-25(2)15-18-17-9-10-20-27(5)13-12-21(31)26(3,4)19(27)11-14-28(20,6)29(17,7)16-22(32)30(18,8)24(34)23(25)33/h9,18-24,31-34H,10-16H2,1-8H3/t18?,19?,20?,21-,22+,23-,24-,27-,28+,29+,30-/m0/s1. The molecule has 34 heavy (non-hydrogen) atoms. The van der Waals surface area contributed by atoms with Crippen molar-refractivity contribution in [1.82, 2.24) is 0 Å². The number of hydrogen-bond donors (Lipinski definition) is 4. The van der Waals surface area contributed by atoms with Gasteiger partial charge in [-0.2, -0.15) is 0 Å². The van der Waals surface area contributed by atoms with Crippen molar-refractivity contribution in [2.24, 2.45) is 50.2 Å². The Labute approximate surface area is 207 Å². The van der Waals surface area contributed by atoms with Crippen LogP contribution in [0.1, 0.15) is 100 Å². The molecule has 4 saturated carbocycles. The summed E-state index contributed by atoms with van der Waals surface area (Å²) in [6.45, 7) is 18.1. The third kappa shape index (κ3) is 2.75. The Kier molecular flexibility index (Phi) is 5.28. The van der Waals surface area contributed by atoms with Crippen LogP contribution in [0.15, 0.2) is 11.6 Å². The molecule has 5 rings (SSSR count). The molecule has 11 atom stereocenters. The molecular formula is C30H50O4. The van der Waals surface area contributed by atoms with Crippen LogP contribution in [0.4, 0.5) is 0 Å². The molecule has 4 N–H and O–H groups in total. The molecule has 0 aromatic carbocycles. The van der Waals surface area contributed by atoms with E-state index in [0.717, 1.165) is 38.5 Å². The van der Waals surface area contributed by atoms with Crippen LogP contribution in [-0.4, -0.2) is 44.8 Å². The van der Waals surface area contributed by atoms with Crippen LogP contribution < -0.4 is 0 Å². The minimum absolute atomic E-state index is 0.0637. The first-order chi connectivity index (χ1) is 15.5. The average Bonchev–Trinajstić information content (AvgIpc) is 2.73. The van der Waals surface area contributed by atoms with Gasteiger partial charge in [0.25, 0.3) is 0 Å². The van der Waals surface area contributed by atoms with Crippen molar-refractivity contribution in [3.63, 3.8) is 0 Å². The van der Waals surface area contributed by atoms with Crippen LogP contribution in [0.25, 0.3) is 0 Å². The van der Waals surface area contributed by atoms with Crippen molar-refractivity contribution in [2.75, 3.05) is 0 Å². The number of hydrogen-bond acceptors (Lipinski definition) is 4. The van der Waals surface area contributed by atoms with E-state index in [1.807, 2.05) is 6.92 Å². The molecule has 0 amide bonds. The van der Waals surface area contributed by atoms with Crippen molar-refractivity contribution >= 4 is 0 Å². The highest BCUT2D eigenvalue weighted by Gasteiger charge is 2.71. The molecule has 0 heterocycles. The van der Waals surface area contributed by atoms with Crippen molar-refractivity contribution in [1.29, 1.82) is 0 Å². The van der Waals surface area contributed by atoms with Gasteiger partial charge in [-0.3, -0.25) is 0 Å². The second-order valence-electron chi connectivity index (χ2n) is 15.4. The van der Waals surface area contributed by atoms with Gasteiger partial charge in [0.15, 0.2) is 0 Å². The van der Waals surface area contributed by atoms with Crippen molar-refractivity contribution < 1.29 is 20.4 Å².